The molecule has 0 spiro atoms. The summed E-state index contributed by atoms with van der Waals surface area (Å²) < 4.78 is 0. The SMILES string of the molecule is CC(C(=O)Nc1ccc(CCN2CCCCC2)cc1)C1CNC1.Cl.Cl. The van der Waals surface area contributed by atoms with Crippen molar-refractivity contribution in [2.24, 2.45) is 11.8 Å². The maximum absolute atomic E-state index is 12.2. The maximum atomic E-state index is 12.2. The number of halogens is 2. The number of anilines is 1. The first-order valence-corrected chi connectivity index (χ1v) is 9.05. The Morgan fingerprint density at radius 2 is 1.80 bits per heavy atom. The summed E-state index contributed by atoms with van der Waals surface area (Å²) in [6.07, 6.45) is 5.18. The normalized spacial score (nSPS) is 19.1. The van der Waals surface area contributed by atoms with Gasteiger partial charge in [0.25, 0.3) is 0 Å². The highest BCUT2D eigenvalue weighted by Crippen LogP contribution is 2.19. The van der Waals surface area contributed by atoms with E-state index in [-0.39, 0.29) is 36.6 Å². The van der Waals surface area contributed by atoms with Gasteiger partial charge in [-0.3, -0.25) is 4.79 Å². The number of carbonyl (C=O) groups is 1. The minimum atomic E-state index is 0. The van der Waals surface area contributed by atoms with Crippen molar-refractivity contribution < 1.29 is 4.79 Å². The molecule has 2 saturated heterocycles. The summed E-state index contributed by atoms with van der Waals surface area (Å²) in [4.78, 5) is 14.8. The van der Waals surface area contributed by atoms with E-state index >= 15 is 0 Å². The number of nitrogens with zero attached hydrogens (tertiary/aromatic N) is 1. The van der Waals surface area contributed by atoms with E-state index in [9.17, 15) is 4.79 Å². The minimum absolute atomic E-state index is 0. The third kappa shape index (κ3) is 6.45. The van der Waals surface area contributed by atoms with E-state index in [4.69, 9.17) is 0 Å². The zero-order chi connectivity index (χ0) is 16.1. The van der Waals surface area contributed by atoms with Crippen LogP contribution in [0.4, 0.5) is 5.69 Å². The standard InChI is InChI=1S/C19H29N3O.2ClH/c1-15(17-13-20-14-17)19(23)21-18-7-5-16(6-8-18)9-12-22-10-3-2-4-11-22;;/h5-8,15,17,20H,2-4,9-14H2,1H3,(H,21,23);2*1H. The lowest BCUT2D eigenvalue weighted by Gasteiger charge is -2.31. The van der Waals surface area contributed by atoms with Crippen molar-refractivity contribution in [3.05, 3.63) is 29.8 Å². The zero-order valence-corrected chi connectivity index (χ0v) is 16.6. The average molecular weight is 388 g/mol. The van der Waals surface area contributed by atoms with Crippen molar-refractivity contribution in [2.75, 3.05) is 38.0 Å². The van der Waals surface area contributed by atoms with Crippen LogP contribution in [0.1, 0.15) is 31.7 Å². The number of piperidine rings is 1. The number of nitrogens with one attached hydrogen (secondary N) is 2. The molecule has 2 aliphatic heterocycles. The van der Waals surface area contributed by atoms with Gasteiger partial charge in [-0.05, 0) is 69.1 Å². The van der Waals surface area contributed by atoms with Crippen molar-refractivity contribution in [1.29, 1.82) is 0 Å². The van der Waals surface area contributed by atoms with Crippen molar-refractivity contribution in [3.63, 3.8) is 0 Å². The molecule has 2 N–H and O–H groups in total. The van der Waals surface area contributed by atoms with E-state index < -0.39 is 0 Å². The molecule has 2 heterocycles. The Labute approximate surface area is 163 Å². The van der Waals surface area contributed by atoms with Crippen LogP contribution in [0.3, 0.4) is 0 Å². The number of hydrogen-bond acceptors (Lipinski definition) is 3. The largest absolute Gasteiger partial charge is 0.326 e. The highest BCUT2D eigenvalue weighted by atomic mass is 35.5. The van der Waals surface area contributed by atoms with E-state index in [1.54, 1.807) is 0 Å². The molecule has 1 aromatic rings. The molecule has 25 heavy (non-hydrogen) atoms. The molecular weight excluding hydrogens is 357 g/mol. The summed E-state index contributed by atoms with van der Waals surface area (Å²) in [7, 11) is 0. The Hall–Kier alpha value is -0.810. The van der Waals surface area contributed by atoms with Gasteiger partial charge in [0.1, 0.15) is 0 Å². The molecule has 0 aliphatic carbocycles. The molecule has 0 saturated carbocycles. The smallest absolute Gasteiger partial charge is 0.227 e. The fraction of sp³-hybridized carbons (Fsp3) is 0.632. The van der Waals surface area contributed by atoms with E-state index in [1.165, 1.54) is 37.9 Å². The number of likely N-dealkylation sites (tertiary alicyclic amines) is 1. The van der Waals surface area contributed by atoms with Crippen LogP contribution in [0, 0.1) is 11.8 Å². The monoisotopic (exact) mass is 387 g/mol. The van der Waals surface area contributed by atoms with Crippen LogP contribution < -0.4 is 10.6 Å². The molecule has 2 aliphatic rings. The van der Waals surface area contributed by atoms with Gasteiger partial charge in [-0.2, -0.15) is 0 Å². The molecule has 1 aromatic carbocycles. The Morgan fingerprint density at radius 1 is 1.16 bits per heavy atom. The zero-order valence-electron chi connectivity index (χ0n) is 15.0. The fourth-order valence-electron chi connectivity index (χ4n) is 3.36. The lowest BCUT2D eigenvalue weighted by atomic mass is 9.88. The van der Waals surface area contributed by atoms with Crippen molar-refractivity contribution >= 4 is 36.4 Å². The third-order valence-corrected chi connectivity index (χ3v) is 5.32. The summed E-state index contributed by atoms with van der Waals surface area (Å²) in [5.74, 6) is 0.700. The van der Waals surface area contributed by atoms with Crippen LogP contribution in [0.15, 0.2) is 24.3 Å². The van der Waals surface area contributed by atoms with Gasteiger partial charge in [-0.15, -0.1) is 24.8 Å². The molecular formula is C19H31Cl2N3O. The van der Waals surface area contributed by atoms with Crippen molar-refractivity contribution in [2.45, 2.75) is 32.6 Å². The Bertz CT molecular complexity index is 514. The highest BCUT2D eigenvalue weighted by Gasteiger charge is 2.28. The molecule has 1 atom stereocenters. The lowest BCUT2D eigenvalue weighted by molar-refractivity contribution is -0.121. The second kappa shape index (κ2) is 11.0. The van der Waals surface area contributed by atoms with Gasteiger partial charge in [-0.1, -0.05) is 25.5 Å². The quantitative estimate of drug-likeness (QED) is 0.786. The van der Waals surface area contributed by atoms with Crippen LogP contribution in [0.2, 0.25) is 0 Å². The highest BCUT2D eigenvalue weighted by molar-refractivity contribution is 5.92. The topological polar surface area (TPSA) is 44.4 Å². The minimum Gasteiger partial charge on any atom is -0.326 e. The van der Waals surface area contributed by atoms with Crippen LogP contribution in [0.5, 0.6) is 0 Å². The fourth-order valence-corrected chi connectivity index (χ4v) is 3.36. The van der Waals surface area contributed by atoms with E-state index in [1.807, 2.05) is 19.1 Å². The van der Waals surface area contributed by atoms with Crippen molar-refractivity contribution in [3.8, 4) is 0 Å². The lowest BCUT2D eigenvalue weighted by Crippen LogP contribution is -2.48. The predicted octanol–water partition coefficient (Wildman–Crippen LogP) is 3.35. The maximum Gasteiger partial charge on any atom is 0.227 e. The molecule has 0 radical (unpaired) electrons. The Kier molecular flexibility index (Phi) is 9.80. The van der Waals surface area contributed by atoms with Gasteiger partial charge in [-0.25, -0.2) is 0 Å². The first kappa shape index (κ1) is 22.2. The van der Waals surface area contributed by atoms with E-state index in [2.05, 4.69) is 27.7 Å². The van der Waals surface area contributed by atoms with Crippen LogP contribution in [-0.2, 0) is 11.2 Å². The summed E-state index contributed by atoms with van der Waals surface area (Å²) in [6.45, 7) is 7.60. The molecule has 142 valence electrons. The Morgan fingerprint density at radius 3 is 2.36 bits per heavy atom. The molecule has 2 fully saturated rings. The number of carbonyl (C=O) groups excluding carboxylic acids is 1. The van der Waals surface area contributed by atoms with Crippen molar-refractivity contribution in [1.82, 2.24) is 10.2 Å². The first-order chi connectivity index (χ1) is 11.2. The first-order valence-electron chi connectivity index (χ1n) is 9.05. The van der Waals surface area contributed by atoms with Crippen LogP contribution in [-0.4, -0.2) is 43.5 Å². The summed E-state index contributed by atoms with van der Waals surface area (Å²) in [5, 5.41) is 6.27. The number of rotatable bonds is 6. The number of benzene rings is 1. The number of hydrogen-bond donors (Lipinski definition) is 2. The van der Waals surface area contributed by atoms with Gasteiger partial charge in [0.05, 0.1) is 0 Å². The van der Waals surface area contributed by atoms with Crippen LogP contribution in [0.25, 0.3) is 0 Å². The summed E-state index contributed by atoms with van der Waals surface area (Å²) in [5.41, 5.74) is 2.26. The summed E-state index contributed by atoms with van der Waals surface area (Å²) in [6, 6.07) is 8.37. The third-order valence-electron chi connectivity index (χ3n) is 5.32. The Balaban J connectivity index is 0.00000156. The molecule has 1 unspecified atom stereocenters. The van der Waals surface area contributed by atoms with Gasteiger partial charge in [0, 0.05) is 18.2 Å². The molecule has 0 bridgehead atoms. The second-order valence-electron chi connectivity index (χ2n) is 7.05. The van der Waals surface area contributed by atoms with E-state index in [0.29, 0.717) is 5.92 Å². The van der Waals surface area contributed by atoms with Gasteiger partial charge in [0.15, 0.2) is 0 Å². The second-order valence-corrected chi connectivity index (χ2v) is 7.05. The van der Waals surface area contributed by atoms with Gasteiger partial charge in [0.2, 0.25) is 5.91 Å². The molecule has 3 rings (SSSR count). The van der Waals surface area contributed by atoms with E-state index in [0.717, 1.165) is 31.7 Å². The molecule has 0 aromatic heterocycles. The number of amides is 1. The average Bonchev–Trinajstić information content (AvgIpc) is 2.53. The molecule has 6 heteroatoms. The van der Waals surface area contributed by atoms with Crippen LogP contribution >= 0.6 is 24.8 Å². The van der Waals surface area contributed by atoms with Gasteiger partial charge >= 0.3 is 0 Å². The summed E-state index contributed by atoms with van der Waals surface area (Å²) >= 11 is 0. The van der Waals surface area contributed by atoms with Gasteiger partial charge < -0.3 is 15.5 Å². The molecule has 4 nitrogen and oxygen atoms in total. The predicted molar refractivity (Wildman–Crippen MR) is 109 cm³/mol. The molecule has 1 amide bonds.